The van der Waals surface area contributed by atoms with E-state index in [9.17, 15) is 30.6 Å². The monoisotopic (exact) mass is 363 g/mol. The minimum Gasteiger partial charge on any atom is -0.504 e. The summed E-state index contributed by atoms with van der Waals surface area (Å²) in [6, 6.07) is 8.39. The molecule has 0 aliphatic heterocycles. The van der Waals surface area contributed by atoms with E-state index in [2.05, 4.69) is 0 Å². The molecule has 6 N–H and O–H groups in total. The molecular weight excluding hydrogens is 338 g/mol. The van der Waals surface area contributed by atoms with Gasteiger partial charge in [0.25, 0.3) is 0 Å². The number of aliphatic hydroxyl groups is 2. The van der Waals surface area contributed by atoms with E-state index in [1.807, 2.05) is 13.8 Å². The van der Waals surface area contributed by atoms with Crippen LogP contribution in [0.15, 0.2) is 36.4 Å². The lowest BCUT2D eigenvalue weighted by Gasteiger charge is -2.35. The third-order valence-electron chi connectivity index (χ3n) is 4.20. The number of benzene rings is 2. The molecular formula is C19H25NO6. The van der Waals surface area contributed by atoms with Crippen LogP contribution in [0.2, 0.25) is 0 Å². The van der Waals surface area contributed by atoms with E-state index in [0.717, 1.165) is 0 Å². The fourth-order valence-electron chi connectivity index (χ4n) is 2.91. The average molecular weight is 363 g/mol. The van der Waals surface area contributed by atoms with Gasteiger partial charge in [-0.3, -0.25) is 0 Å². The highest BCUT2D eigenvalue weighted by atomic mass is 16.3. The van der Waals surface area contributed by atoms with Crippen LogP contribution in [0.1, 0.15) is 25.0 Å². The SMILES string of the molecule is CC(C)N(C(O)Cc1ccc(O)c(O)c1)C(O)Cc1ccc(O)c(O)c1. The minimum absolute atomic E-state index is 0.143. The number of aromatic hydroxyl groups is 4. The second-order valence-corrected chi connectivity index (χ2v) is 6.56. The molecule has 0 saturated carbocycles. The molecule has 0 radical (unpaired) electrons. The lowest BCUT2D eigenvalue weighted by atomic mass is 10.1. The lowest BCUT2D eigenvalue weighted by Crippen LogP contribution is -2.49. The van der Waals surface area contributed by atoms with Crippen molar-refractivity contribution < 1.29 is 30.6 Å². The molecule has 0 saturated heterocycles. The molecule has 0 aliphatic rings. The maximum absolute atomic E-state index is 10.6. The van der Waals surface area contributed by atoms with Gasteiger partial charge in [-0.25, -0.2) is 4.90 Å². The van der Waals surface area contributed by atoms with Crippen LogP contribution in [-0.4, -0.2) is 54.0 Å². The van der Waals surface area contributed by atoms with E-state index < -0.39 is 12.5 Å². The van der Waals surface area contributed by atoms with Gasteiger partial charge in [0.2, 0.25) is 0 Å². The maximum Gasteiger partial charge on any atom is 0.157 e. The number of hydrogen-bond donors (Lipinski definition) is 6. The Morgan fingerprint density at radius 2 is 1.08 bits per heavy atom. The number of hydrogen-bond acceptors (Lipinski definition) is 7. The second-order valence-electron chi connectivity index (χ2n) is 6.56. The molecule has 142 valence electrons. The van der Waals surface area contributed by atoms with Crippen LogP contribution in [0.5, 0.6) is 23.0 Å². The van der Waals surface area contributed by atoms with Crippen LogP contribution in [0.4, 0.5) is 0 Å². The molecule has 0 fully saturated rings. The summed E-state index contributed by atoms with van der Waals surface area (Å²) in [6.45, 7) is 3.66. The predicted octanol–water partition coefficient (Wildman–Crippen LogP) is 1.64. The Labute approximate surface area is 152 Å². The van der Waals surface area contributed by atoms with Crippen molar-refractivity contribution >= 4 is 0 Å². The van der Waals surface area contributed by atoms with Gasteiger partial charge in [0, 0.05) is 18.9 Å². The summed E-state index contributed by atoms with van der Waals surface area (Å²) in [5.41, 5.74) is 1.21. The van der Waals surface area contributed by atoms with E-state index in [-0.39, 0.29) is 41.9 Å². The second kappa shape index (κ2) is 8.27. The highest BCUT2D eigenvalue weighted by molar-refractivity contribution is 5.41. The molecule has 0 spiro atoms. The first-order valence-corrected chi connectivity index (χ1v) is 8.34. The summed E-state index contributed by atoms with van der Waals surface area (Å²) < 4.78 is 0. The zero-order valence-electron chi connectivity index (χ0n) is 14.7. The zero-order chi connectivity index (χ0) is 19.4. The fourth-order valence-corrected chi connectivity index (χ4v) is 2.91. The van der Waals surface area contributed by atoms with Crippen LogP contribution in [-0.2, 0) is 12.8 Å². The summed E-state index contributed by atoms with van der Waals surface area (Å²) >= 11 is 0. The maximum atomic E-state index is 10.6. The molecule has 0 bridgehead atoms. The third kappa shape index (κ3) is 4.78. The Kier molecular flexibility index (Phi) is 6.31. The number of nitrogens with zero attached hydrogens (tertiary/aromatic N) is 1. The Hall–Kier alpha value is -2.48. The molecule has 0 amide bonds. The Morgan fingerprint density at radius 3 is 1.38 bits per heavy atom. The molecule has 0 heterocycles. The third-order valence-corrected chi connectivity index (χ3v) is 4.20. The normalized spacial score (nSPS) is 13.9. The molecule has 7 nitrogen and oxygen atoms in total. The smallest absolute Gasteiger partial charge is 0.157 e. The highest BCUT2D eigenvalue weighted by Gasteiger charge is 2.26. The van der Waals surface area contributed by atoms with Crippen molar-refractivity contribution in [2.24, 2.45) is 0 Å². The average Bonchev–Trinajstić information content (AvgIpc) is 2.54. The summed E-state index contributed by atoms with van der Waals surface area (Å²) in [7, 11) is 0. The number of rotatable bonds is 7. The number of phenolic OH excluding ortho intramolecular Hbond substituents is 4. The van der Waals surface area contributed by atoms with Gasteiger partial charge < -0.3 is 30.6 Å². The largest absolute Gasteiger partial charge is 0.504 e. The molecule has 2 aromatic carbocycles. The number of phenols is 4. The van der Waals surface area contributed by atoms with Crippen molar-refractivity contribution in [2.75, 3.05) is 0 Å². The molecule has 0 aliphatic carbocycles. The van der Waals surface area contributed by atoms with E-state index in [4.69, 9.17) is 0 Å². The minimum atomic E-state index is -1.03. The van der Waals surface area contributed by atoms with Crippen LogP contribution >= 0.6 is 0 Å². The van der Waals surface area contributed by atoms with Gasteiger partial charge in [-0.2, -0.15) is 0 Å². The first-order chi connectivity index (χ1) is 12.2. The van der Waals surface area contributed by atoms with Gasteiger partial charge in [0.05, 0.1) is 0 Å². The topological polar surface area (TPSA) is 125 Å². The quantitative estimate of drug-likeness (QED) is 0.326. The summed E-state index contributed by atoms with van der Waals surface area (Å²) in [5.74, 6) is -1.02. The van der Waals surface area contributed by atoms with Gasteiger partial charge >= 0.3 is 0 Å². The highest BCUT2D eigenvalue weighted by Crippen LogP contribution is 2.28. The Bertz CT molecular complexity index is 689. The van der Waals surface area contributed by atoms with Crippen LogP contribution in [0.25, 0.3) is 0 Å². The van der Waals surface area contributed by atoms with E-state index in [1.54, 1.807) is 12.1 Å². The molecule has 7 heteroatoms. The van der Waals surface area contributed by atoms with Crippen LogP contribution in [0, 0.1) is 0 Å². The first-order valence-electron chi connectivity index (χ1n) is 8.34. The molecule has 2 aromatic rings. The standard InChI is InChI=1S/C19H25NO6/c1-11(2)20(18(25)9-12-3-5-14(21)16(23)7-12)19(26)10-13-4-6-15(22)17(24)8-13/h3-8,11,18-19,21-26H,9-10H2,1-2H3. The molecule has 26 heavy (non-hydrogen) atoms. The Balaban J connectivity index is 2.12. The molecule has 2 atom stereocenters. The molecule has 0 aromatic heterocycles. The summed E-state index contributed by atoms with van der Waals surface area (Å²) in [5, 5.41) is 59.0. The van der Waals surface area contributed by atoms with Crippen molar-refractivity contribution in [1.82, 2.24) is 4.90 Å². The summed E-state index contributed by atoms with van der Waals surface area (Å²) in [6.07, 6.45) is -1.77. The van der Waals surface area contributed by atoms with Crippen LogP contribution in [0.3, 0.4) is 0 Å². The van der Waals surface area contributed by atoms with Crippen LogP contribution < -0.4 is 0 Å². The van der Waals surface area contributed by atoms with Gasteiger partial charge in [0.1, 0.15) is 12.5 Å². The van der Waals surface area contributed by atoms with Gasteiger partial charge in [-0.15, -0.1) is 0 Å². The van der Waals surface area contributed by atoms with Crippen molar-refractivity contribution in [3.63, 3.8) is 0 Å². The van der Waals surface area contributed by atoms with Crippen molar-refractivity contribution in [1.29, 1.82) is 0 Å². The van der Waals surface area contributed by atoms with Crippen molar-refractivity contribution in [2.45, 2.75) is 45.2 Å². The van der Waals surface area contributed by atoms with E-state index in [1.165, 1.54) is 29.2 Å². The van der Waals surface area contributed by atoms with E-state index >= 15 is 0 Å². The zero-order valence-corrected chi connectivity index (χ0v) is 14.7. The van der Waals surface area contributed by atoms with Crippen molar-refractivity contribution in [3.05, 3.63) is 47.5 Å². The van der Waals surface area contributed by atoms with Gasteiger partial charge in [-0.1, -0.05) is 12.1 Å². The predicted molar refractivity (Wildman–Crippen MR) is 95.9 cm³/mol. The first kappa shape index (κ1) is 19.8. The molecule has 2 rings (SSSR count). The van der Waals surface area contributed by atoms with Crippen molar-refractivity contribution in [3.8, 4) is 23.0 Å². The molecule has 2 unspecified atom stereocenters. The number of aliphatic hydroxyl groups excluding tert-OH is 2. The van der Waals surface area contributed by atoms with Gasteiger partial charge in [-0.05, 0) is 49.2 Å². The van der Waals surface area contributed by atoms with Gasteiger partial charge in [0.15, 0.2) is 23.0 Å². The fraction of sp³-hybridized carbons (Fsp3) is 0.368. The van der Waals surface area contributed by atoms with E-state index in [0.29, 0.717) is 11.1 Å². The Morgan fingerprint density at radius 1 is 0.692 bits per heavy atom. The lowest BCUT2D eigenvalue weighted by molar-refractivity contribution is -0.117. The summed E-state index contributed by atoms with van der Waals surface area (Å²) in [4.78, 5) is 1.51.